The summed E-state index contributed by atoms with van der Waals surface area (Å²) in [5.41, 5.74) is 2.35. The van der Waals surface area contributed by atoms with Crippen molar-refractivity contribution in [2.45, 2.75) is 18.9 Å². The normalized spacial score (nSPS) is 17.3. The number of rotatable bonds is 3. The third-order valence-electron chi connectivity index (χ3n) is 4.62. The number of pyridine rings is 2. The van der Waals surface area contributed by atoms with Crippen molar-refractivity contribution in [2.24, 2.45) is 0 Å². The van der Waals surface area contributed by atoms with E-state index in [0.717, 1.165) is 30.5 Å². The summed E-state index contributed by atoms with van der Waals surface area (Å²) >= 11 is 0. The second-order valence-corrected chi connectivity index (χ2v) is 5.91. The summed E-state index contributed by atoms with van der Waals surface area (Å²) in [6, 6.07) is 9.66. The fourth-order valence-electron chi connectivity index (χ4n) is 3.56. The summed E-state index contributed by atoms with van der Waals surface area (Å²) in [6.45, 7) is 0.933. The molecule has 3 aromatic rings. The number of fused-ring (bicyclic) bond motifs is 1. The van der Waals surface area contributed by atoms with Crippen molar-refractivity contribution >= 4 is 22.1 Å². The molecule has 1 fully saturated rings. The number of hydrogen-bond acceptors (Lipinski definition) is 5. The molecule has 6 nitrogen and oxygen atoms in total. The van der Waals surface area contributed by atoms with E-state index in [-0.39, 0.29) is 16.7 Å². The third-order valence-corrected chi connectivity index (χ3v) is 4.62. The Morgan fingerprint density at radius 2 is 1.83 bits per heavy atom. The van der Waals surface area contributed by atoms with Gasteiger partial charge in [-0.2, -0.15) is 0 Å². The molecule has 6 heteroatoms. The summed E-state index contributed by atoms with van der Waals surface area (Å²) in [5.74, 6) is 0. The van der Waals surface area contributed by atoms with Crippen molar-refractivity contribution < 1.29 is 4.92 Å². The van der Waals surface area contributed by atoms with Gasteiger partial charge in [0.15, 0.2) is 0 Å². The molecule has 0 bridgehead atoms. The van der Waals surface area contributed by atoms with Gasteiger partial charge in [0.05, 0.1) is 16.4 Å². The zero-order valence-electron chi connectivity index (χ0n) is 13.0. The molecule has 0 radical (unpaired) electrons. The van der Waals surface area contributed by atoms with Crippen LogP contribution in [-0.2, 0) is 0 Å². The lowest BCUT2D eigenvalue weighted by atomic mass is 10.0. The van der Waals surface area contributed by atoms with Gasteiger partial charge in [-0.1, -0.05) is 0 Å². The second kappa shape index (κ2) is 5.88. The number of nitro benzene ring substituents is 1. The van der Waals surface area contributed by atoms with Crippen LogP contribution in [0.1, 0.15) is 24.4 Å². The molecule has 1 aromatic carbocycles. The lowest BCUT2D eigenvalue weighted by Crippen LogP contribution is -2.22. The lowest BCUT2D eigenvalue weighted by Gasteiger charge is -2.28. The molecule has 3 heterocycles. The number of nitro groups is 1. The molecule has 24 heavy (non-hydrogen) atoms. The lowest BCUT2D eigenvalue weighted by molar-refractivity contribution is -0.383. The van der Waals surface area contributed by atoms with Crippen LogP contribution in [0.25, 0.3) is 10.8 Å². The minimum absolute atomic E-state index is 0.0986. The highest BCUT2D eigenvalue weighted by Gasteiger charge is 2.28. The van der Waals surface area contributed by atoms with E-state index >= 15 is 0 Å². The Morgan fingerprint density at radius 3 is 2.62 bits per heavy atom. The zero-order valence-corrected chi connectivity index (χ0v) is 13.0. The molecule has 2 aromatic heterocycles. The molecule has 4 rings (SSSR count). The monoisotopic (exact) mass is 320 g/mol. The highest BCUT2D eigenvalue weighted by molar-refractivity contribution is 5.99. The van der Waals surface area contributed by atoms with Crippen molar-refractivity contribution in [2.75, 3.05) is 11.4 Å². The highest BCUT2D eigenvalue weighted by atomic mass is 16.6. The van der Waals surface area contributed by atoms with Gasteiger partial charge in [0.2, 0.25) is 0 Å². The molecule has 0 N–H and O–H groups in total. The van der Waals surface area contributed by atoms with Crippen LogP contribution in [0.2, 0.25) is 0 Å². The molecular formula is C18H16N4O2. The van der Waals surface area contributed by atoms with Crippen LogP contribution in [0.3, 0.4) is 0 Å². The summed E-state index contributed by atoms with van der Waals surface area (Å²) in [7, 11) is 0. The number of nitrogens with zero attached hydrogens (tertiary/aromatic N) is 4. The van der Waals surface area contributed by atoms with Crippen molar-refractivity contribution in [1.29, 1.82) is 0 Å². The van der Waals surface area contributed by atoms with Gasteiger partial charge in [-0.3, -0.25) is 20.1 Å². The molecule has 120 valence electrons. The van der Waals surface area contributed by atoms with E-state index in [9.17, 15) is 10.1 Å². The van der Waals surface area contributed by atoms with Crippen molar-refractivity contribution in [3.05, 3.63) is 70.8 Å². The van der Waals surface area contributed by atoms with Gasteiger partial charge in [-0.15, -0.1) is 0 Å². The third kappa shape index (κ3) is 2.36. The van der Waals surface area contributed by atoms with E-state index in [0.29, 0.717) is 5.39 Å². The Morgan fingerprint density at radius 1 is 1.04 bits per heavy atom. The van der Waals surface area contributed by atoms with Crippen LogP contribution in [0, 0.1) is 10.1 Å². The first-order chi connectivity index (χ1) is 11.8. The quantitative estimate of drug-likeness (QED) is 0.541. The van der Waals surface area contributed by atoms with Crippen LogP contribution in [0.5, 0.6) is 0 Å². The Hall–Kier alpha value is -3.02. The van der Waals surface area contributed by atoms with Crippen molar-refractivity contribution in [3.63, 3.8) is 0 Å². The maximum atomic E-state index is 11.3. The molecule has 0 unspecified atom stereocenters. The fourth-order valence-corrected chi connectivity index (χ4v) is 3.56. The van der Waals surface area contributed by atoms with Gasteiger partial charge >= 0.3 is 0 Å². The molecule has 1 aliphatic heterocycles. The molecule has 0 saturated carbocycles. The molecule has 1 aliphatic rings. The fraction of sp³-hybridized carbons (Fsp3) is 0.222. The highest BCUT2D eigenvalue weighted by Crippen LogP contribution is 2.41. The summed E-state index contributed by atoms with van der Waals surface area (Å²) in [5, 5.41) is 12.7. The first-order valence-electron chi connectivity index (χ1n) is 7.93. The number of aromatic nitrogens is 2. The number of benzene rings is 1. The Bertz CT molecular complexity index is 898. The van der Waals surface area contributed by atoms with Crippen LogP contribution >= 0.6 is 0 Å². The standard InChI is InChI=1S/C18H16N4O2/c23-22(24)18-4-3-17(14-7-10-20-12-15(14)18)21-11-1-2-16(21)13-5-8-19-9-6-13/h3-10,12,16H,1-2,11H2/t16-/m0/s1. The van der Waals surface area contributed by atoms with E-state index in [2.05, 4.69) is 14.9 Å². The molecule has 1 saturated heterocycles. The minimum atomic E-state index is -0.349. The largest absolute Gasteiger partial charge is 0.364 e. The average Bonchev–Trinajstić information content (AvgIpc) is 3.11. The van der Waals surface area contributed by atoms with Gasteiger partial charge in [-0.25, -0.2) is 0 Å². The molecule has 0 amide bonds. The number of anilines is 1. The Labute approximate surface area is 138 Å². The zero-order chi connectivity index (χ0) is 16.5. The van der Waals surface area contributed by atoms with E-state index in [4.69, 9.17) is 0 Å². The van der Waals surface area contributed by atoms with Crippen LogP contribution in [-0.4, -0.2) is 21.4 Å². The summed E-state index contributed by atoms with van der Waals surface area (Å²) < 4.78 is 0. The van der Waals surface area contributed by atoms with Crippen molar-refractivity contribution in [3.8, 4) is 0 Å². The van der Waals surface area contributed by atoms with E-state index in [1.807, 2.05) is 36.7 Å². The van der Waals surface area contributed by atoms with Gasteiger partial charge < -0.3 is 4.90 Å². The Balaban J connectivity index is 1.85. The van der Waals surface area contributed by atoms with E-state index < -0.39 is 0 Å². The van der Waals surface area contributed by atoms with Gasteiger partial charge in [0.25, 0.3) is 5.69 Å². The maximum Gasteiger partial charge on any atom is 0.278 e. The molecule has 0 spiro atoms. The number of non-ortho nitro benzene ring substituents is 1. The first-order valence-corrected chi connectivity index (χ1v) is 7.93. The van der Waals surface area contributed by atoms with Crippen LogP contribution in [0.15, 0.2) is 55.1 Å². The summed E-state index contributed by atoms with van der Waals surface area (Å²) in [6.07, 6.45) is 9.04. The van der Waals surface area contributed by atoms with E-state index in [1.165, 1.54) is 5.56 Å². The van der Waals surface area contributed by atoms with Crippen molar-refractivity contribution in [1.82, 2.24) is 9.97 Å². The predicted molar refractivity (Wildman–Crippen MR) is 92.0 cm³/mol. The van der Waals surface area contributed by atoms with E-state index in [1.54, 1.807) is 18.5 Å². The first kappa shape index (κ1) is 14.6. The topological polar surface area (TPSA) is 72.2 Å². The SMILES string of the molecule is O=[N+]([O-])c1ccc(N2CCC[C@H]2c2ccncc2)c2ccncc12. The Kier molecular flexibility index (Phi) is 3.57. The summed E-state index contributed by atoms with van der Waals surface area (Å²) in [4.78, 5) is 21.4. The number of hydrogen-bond donors (Lipinski definition) is 0. The predicted octanol–water partition coefficient (Wildman–Crippen LogP) is 3.88. The maximum absolute atomic E-state index is 11.3. The van der Waals surface area contributed by atoms with Crippen LogP contribution < -0.4 is 4.90 Å². The molecule has 0 aliphatic carbocycles. The minimum Gasteiger partial charge on any atom is -0.364 e. The van der Waals surface area contributed by atoms with Gasteiger partial charge in [0, 0.05) is 48.5 Å². The smallest absolute Gasteiger partial charge is 0.278 e. The van der Waals surface area contributed by atoms with Gasteiger partial charge in [0.1, 0.15) is 0 Å². The molecular weight excluding hydrogens is 304 g/mol. The molecule has 1 atom stereocenters. The van der Waals surface area contributed by atoms with Crippen LogP contribution in [0.4, 0.5) is 11.4 Å². The second-order valence-electron chi connectivity index (χ2n) is 5.91. The van der Waals surface area contributed by atoms with Gasteiger partial charge in [-0.05, 0) is 42.7 Å². The average molecular weight is 320 g/mol.